The second-order valence-corrected chi connectivity index (χ2v) is 6.61. The van der Waals surface area contributed by atoms with Crippen molar-refractivity contribution in [3.63, 3.8) is 0 Å². The van der Waals surface area contributed by atoms with E-state index >= 15 is 0 Å². The third kappa shape index (κ3) is 4.24. The van der Waals surface area contributed by atoms with E-state index in [2.05, 4.69) is 38.0 Å². The number of aromatic nitrogens is 1. The molecule has 0 saturated carbocycles. The van der Waals surface area contributed by atoms with Crippen molar-refractivity contribution in [2.75, 3.05) is 6.54 Å². The van der Waals surface area contributed by atoms with E-state index in [1.807, 2.05) is 0 Å². The van der Waals surface area contributed by atoms with Gasteiger partial charge in [0.15, 0.2) is 0 Å². The number of hydrogen-bond acceptors (Lipinski definition) is 2. The van der Waals surface area contributed by atoms with Crippen molar-refractivity contribution < 1.29 is 4.79 Å². The Bertz CT molecular complexity index is 482. The molecule has 0 spiro atoms. The summed E-state index contributed by atoms with van der Waals surface area (Å²) in [6, 6.07) is 0. The first-order chi connectivity index (χ1) is 9.25. The van der Waals surface area contributed by atoms with Crippen LogP contribution in [0.3, 0.4) is 0 Å². The molecule has 1 rings (SSSR count). The van der Waals surface area contributed by atoms with Crippen LogP contribution < -0.4 is 5.32 Å². The molecule has 112 valence electrons. The zero-order valence-electron chi connectivity index (χ0n) is 12.0. The molecule has 20 heavy (non-hydrogen) atoms. The van der Waals surface area contributed by atoms with Crippen LogP contribution >= 0.6 is 34.8 Å². The lowest BCUT2D eigenvalue weighted by molar-refractivity contribution is 0.0932. The second-order valence-electron chi connectivity index (χ2n) is 5.44. The third-order valence-corrected chi connectivity index (χ3v) is 4.58. The summed E-state index contributed by atoms with van der Waals surface area (Å²) in [5.74, 6) is 1.01. The highest BCUT2D eigenvalue weighted by molar-refractivity contribution is 6.48. The first-order valence-electron chi connectivity index (χ1n) is 6.53. The predicted octanol–water partition coefficient (Wildman–Crippen LogP) is 4.70. The number of nitrogens with zero attached hydrogens (tertiary/aromatic N) is 1. The largest absolute Gasteiger partial charge is 0.350 e. The maximum absolute atomic E-state index is 12.1. The van der Waals surface area contributed by atoms with Gasteiger partial charge in [0, 0.05) is 12.7 Å². The topological polar surface area (TPSA) is 42.0 Å². The van der Waals surface area contributed by atoms with Gasteiger partial charge in [-0.1, -0.05) is 62.5 Å². The lowest BCUT2D eigenvalue weighted by Gasteiger charge is -2.25. The average molecular weight is 338 g/mol. The van der Waals surface area contributed by atoms with Crippen LogP contribution in [0.5, 0.6) is 0 Å². The first-order valence-corrected chi connectivity index (χ1v) is 7.66. The lowest BCUT2D eigenvalue weighted by atomic mass is 9.85. The molecule has 1 amide bonds. The van der Waals surface area contributed by atoms with E-state index in [0.29, 0.717) is 24.3 Å². The number of carbonyl (C=O) groups is 1. The molecule has 0 bridgehead atoms. The summed E-state index contributed by atoms with van der Waals surface area (Å²) in [4.78, 5) is 16.1. The number of amides is 1. The molecule has 0 saturated heterocycles. The fourth-order valence-corrected chi connectivity index (χ4v) is 2.70. The molecule has 0 aromatic carbocycles. The van der Waals surface area contributed by atoms with Gasteiger partial charge in [0.05, 0.1) is 15.1 Å². The van der Waals surface area contributed by atoms with E-state index < -0.39 is 0 Å². The summed E-state index contributed by atoms with van der Waals surface area (Å²) >= 11 is 17.7. The molecule has 1 aromatic heterocycles. The molecule has 1 aromatic rings. The highest BCUT2D eigenvalue weighted by atomic mass is 35.5. The first kappa shape index (κ1) is 17.5. The number of halogens is 3. The van der Waals surface area contributed by atoms with E-state index in [1.165, 1.54) is 6.20 Å². The van der Waals surface area contributed by atoms with Gasteiger partial charge >= 0.3 is 0 Å². The van der Waals surface area contributed by atoms with Crippen LogP contribution in [-0.4, -0.2) is 17.4 Å². The van der Waals surface area contributed by atoms with Crippen LogP contribution in [0.25, 0.3) is 0 Å². The summed E-state index contributed by atoms with van der Waals surface area (Å²) < 4.78 is 0. The van der Waals surface area contributed by atoms with Gasteiger partial charge in [-0.15, -0.1) is 0 Å². The van der Waals surface area contributed by atoms with Crippen molar-refractivity contribution in [2.45, 2.75) is 27.7 Å². The molecule has 0 atom stereocenters. The van der Waals surface area contributed by atoms with Crippen molar-refractivity contribution in [3.8, 4) is 0 Å². The van der Waals surface area contributed by atoms with Crippen LogP contribution in [0.4, 0.5) is 0 Å². The normalized spacial score (nSPS) is 11.5. The monoisotopic (exact) mass is 336 g/mol. The molecular weight excluding hydrogens is 319 g/mol. The van der Waals surface area contributed by atoms with E-state index in [-0.39, 0.29) is 26.7 Å². The molecule has 0 aliphatic rings. The predicted molar refractivity (Wildman–Crippen MR) is 84.8 cm³/mol. The minimum absolute atomic E-state index is 0.0855. The molecule has 0 radical (unpaired) electrons. The van der Waals surface area contributed by atoms with E-state index in [1.54, 1.807) is 0 Å². The minimum Gasteiger partial charge on any atom is -0.350 e. The van der Waals surface area contributed by atoms with Crippen LogP contribution in [0.2, 0.25) is 15.1 Å². The molecule has 0 aliphatic carbocycles. The molecule has 0 unspecified atom stereocenters. The van der Waals surface area contributed by atoms with Gasteiger partial charge in [-0.3, -0.25) is 4.79 Å². The summed E-state index contributed by atoms with van der Waals surface area (Å²) in [5.41, 5.74) is 0.104. The second kappa shape index (κ2) is 7.48. The van der Waals surface area contributed by atoms with Crippen molar-refractivity contribution in [1.29, 1.82) is 0 Å². The van der Waals surface area contributed by atoms with Gasteiger partial charge in [0.2, 0.25) is 0 Å². The summed E-state index contributed by atoms with van der Waals surface area (Å²) in [6.45, 7) is 9.14. The third-order valence-electron chi connectivity index (χ3n) is 3.34. The van der Waals surface area contributed by atoms with Crippen LogP contribution in [0.15, 0.2) is 6.20 Å². The molecule has 3 nitrogen and oxygen atoms in total. The number of carbonyl (C=O) groups excluding carboxylic acids is 1. The molecule has 0 fully saturated rings. The van der Waals surface area contributed by atoms with Gasteiger partial charge < -0.3 is 5.32 Å². The quantitative estimate of drug-likeness (QED) is 0.846. The summed E-state index contributed by atoms with van der Waals surface area (Å²) in [5, 5.41) is 3.33. The highest BCUT2D eigenvalue weighted by Crippen LogP contribution is 2.31. The van der Waals surface area contributed by atoms with Crippen molar-refractivity contribution in [2.24, 2.45) is 17.8 Å². The Hall–Kier alpha value is -0.510. The van der Waals surface area contributed by atoms with E-state index in [0.717, 1.165) is 0 Å². The van der Waals surface area contributed by atoms with Gasteiger partial charge in [0.1, 0.15) is 5.69 Å². The summed E-state index contributed by atoms with van der Waals surface area (Å²) in [7, 11) is 0. The van der Waals surface area contributed by atoms with E-state index in [9.17, 15) is 4.79 Å². The maximum atomic E-state index is 12.1. The maximum Gasteiger partial charge on any atom is 0.271 e. The standard InChI is InChI=1S/C14H19Cl3N2O/c1-7(2)9(8(3)4)5-19-14(20)13-12(17)11(16)10(15)6-18-13/h6-9H,5H2,1-4H3,(H,19,20). The van der Waals surface area contributed by atoms with Crippen LogP contribution in [0.1, 0.15) is 38.2 Å². The van der Waals surface area contributed by atoms with Crippen molar-refractivity contribution >= 4 is 40.7 Å². The number of rotatable bonds is 5. The molecular formula is C14H19Cl3N2O. The fraction of sp³-hybridized carbons (Fsp3) is 0.571. The highest BCUT2D eigenvalue weighted by Gasteiger charge is 2.21. The van der Waals surface area contributed by atoms with Crippen LogP contribution in [-0.2, 0) is 0 Å². The number of nitrogens with one attached hydrogen (secondary N) is 1. The average Bonchev–Trinajstić information content (AvgIpc) is 2.35. The number of hydrogen-bond donors (Lipinski definition) is 1. The van der Waals surface area contributed by atoms with Crippen molar-refractivity contribution in [3.05, 3.63) is 27.0 Å². The number of pyridine rings is 1. The Labute approximate surface area is 135 Å². The molecule has 6 heteroatoms. The Balaban J connectivity index is 2.80. The smallest absolute Gasteiger partial charge is 0.271 e. The van der Waals surface area contributed by atoms with Gasteiger partial charge in [0.25, 0.3) is 5.91 Å². The van der Waals surface area contributed by atoms with Crippen LogP contribution in [0, 0.1) is 17.8 Å². The lowest BCUT2D eigenvalue weighted by Crippen LogP contribution is -2.34. The molecule has 1 N–H and O–H groups in total. The molecule has 0 aliphatic heterocycles. The SMILES string of the molecule is CC(C)C(CNC(=O)c1ncc(Cl)c(Cl)c1Cl)C(C)C. The Morgan fingerprint density at radius 3 is 2.20 bits per heavy atom. The fourth-order valence-electron chi connectivity index (χ4n) is 2.14. The zero-order chi connectivity index (χ0) is 15.4. The Morgan fingerprint density at radius 1 is 1.15 bits per heavy atom. The Kier molecular flexibility index (Phi) is 6.56. The van der Waals surface area contributed by atoms with Gasteiger partial charge in [-0.05, 0) is 17.8 Å². The summed E-state index contributed by atoms with van der Waals surface area (Å²) in [6.07, 6.45) is 1.33. The van der Waals surface area contributed by atoms with E-state index in [4.69, 9.17) is 34.8 Å². The van der Waals surface area contributed by atoms with Crippen molar-refractivity contribution in [1.82, 2.24) is 10.3 Å². The van der Waals surface area contributed by atoms with Gasteiger partial charge in [-0.25, -0.2) is 4.98 Å². The minimum atomic E-state index is -0.333. The molecule has 1 heterocycles. The Morgan fingerprint density at radius 2 is 1.70 bits per heavy atom. The zero-order valence-corrected chi connectivity index (χ0v) is 14.3. The van der Waals surface area contributed by atoms with Gasteiger partial charge in [-0.2, -0.15) is 0 Å².